The van der Waals surface area contributed by atoms with E-state index in [0.717, 1.165) is 4.90 Å². The lowest BCUT2D eigenvalue weighted by Gasteiger charge is -2.23. The first-order valence-corrected chi connectivity index (χ1v) is 8.87. The number of amides is 4. The van der Waals surface area contributed by atoms with Gasteiger partial charge in [0.05, 0.1) is 23.7 Å². The average molecular weight is 388 g/mol. The van der Waals surface area contributed by atoms with Gasteiger partial charge < -0.3 is 15.1 Å². The Labute approximate surface area is 158 Å². The number of anilines is 1. The first-order chi connectivity index (χ1) is 13.0. The van der Waals surface area contributed by atoms with E-state index in [4.69, 9.17) is 4.42 Å². The Morgan fingerprint density at radius 1 is 1.07 bits per heavy atom. The second-order valence-electron chi connectivity index (χ2n) is 5.56. The van der Waals surface area contributed by atoms with Gasteiger partial charge in [-0.1, -0.05) is 12.1 Å². The van der Waals surface area contributed by atoms with Gasteiger partial charge in [-0.15, -0.1) is 11.8 Å². The molecule has 4 amide bonds. The molecule has 0 fully saturated rings. The molecule has 0 unspecified atom stereocenters. The summed E-state index contributed by atoms with van der Waals surface area (Å²) in [5.74, 6) is -2.35. The van der Waals surface area contributed by atoms with E-state index < -0.39 is 23.0 Å². The van der Waals surface area contributed by atoms with Gasteiger partial charge in [-0.2, -0.15) is 0 Å². The Morgan fingerprint density at radius 2 is 1.89 bits per heavy atom. The number of nitrogens with one attached hydrogen (secondary N) is 4. The minimum absolute atomic E-state index is 0.0471. The van der Waals surface area contributed by atoms with Crippen LogP contribution in [0.1, 0.15) is 12.2 Å². The molecule has 1 aliphatic rings. The molecule has 140 valence electrons. The fourth-order valence-electron chi connectivity index (χ4n) is 2.29. The molecule has 2 aromatic rings. The van der Waals surface area contributed by atoms with Crippen molar-refractivity contribution in [2.75, 3.05) is 5.32 Å². The topological polar surface area (TPSA) is 130 Å². The summed E-state index contributed by atoms with van der Waals surface area (Å²) in [6, 6.07) is 10.6. The maximum Gasteiger partial charge on any atom is 0.327 e. The smallest absolute Gasteiger partial charge is 0.327 e. The van der Waals surface area contributed by atoms with E-state index in [2.05, 4.69) is 16.1 Å². The number of hydrogen-bond acceptors (Lipinski definition) is 6. The molecule has 0 aliphatic carbocycles. The Hall–Kier alpha value is -3.27. The summed E-state index contributed by atoms with van der Waals surface area (Å²) >= 11 is 1.27. The number of para-hydroxylation sites is 1. The zero-order chi connectivity index (χ0) is 19.2. The number of furan rings is 1. The summed E-state index contributed by atoms with van der Waals surface area (Å²) in [4.78, 5) is 48.2. The van der Waals surface area contributed by atoms with Gasteiger partial charge in [0.15, 0.2) is 0 Å². The summed E-state index contributed by atoms with van der Waals surface area (Å²) in [5, 5.41) is 4.44. The van der Waals surface area contributed by atoms with Gasteiger partial charge in [0.1, 0.15) is 5.76 Å². The van der Waals surface area contributed by atoms with Crippen molar-refractivity contribution in [2.24, 2.45) is 0 Å². The predicted molar refractivity (Wildman–Crippen MR) is 96.2 cm³/mol. The molecule has 0 radical (unpaired) electrons. The van der Waals surface area contributed by atoms with Gasteiger partial charge in [-0.3, -0.25) is 30.0 Å². The number of fused-ring (bicyclic) bond motifs is 1. The lowest BCUT2D eigenvalue weighted by Crippen LogP contribution is -2.49. The van der Waals surface area contributed by atoms with Gasteiger partial charge in [-0.25, -0.2) is 0 Å². The molecule has 1 aliphatic heterocycles. The van der Waals surface area contributed by atoms with Crippen molar-refractivity contribution in [3.63, 3.8) is 0 Å². The van der Waals surface area contributed by atoms with Crippen LogP contribution in [-0.2, 0) is 25.7 Å². The van der Waals surface area contributed by atoms with Crippen molar-refractivity contribution < 1.29 is 23.6 Å². The van der Waals surface area contributed by atoms with E-state index in [1.165, 1.54) is 18.0 Å². The molecule has 2 heterocycles. The molecule has 27 heavy (non-hydrogen) atoms. The van der Waals surface area contributed by atoms with Crippen LogP contribution in [-0.4, -0.2) is 28.9 Å². The molecule has 1 aromatic heterocycles. The van der Waals surface area contributed by atoms with Crippen LogP contribution in [0.15, 0.2) is 52.0 Å². The van der Waals surface area contributed by atoms with Crippen molar-refractivity contribution in [1.29, 1.82) is 0 Å². The molecule has 1 aromatic carbocycles. The quantitative estimate of drug-likeness (QED) is 0.447. The first-order valence-electron chi connectivity index (χ1n) is 7.99. The highest BCUT2D eigenvalue weighted by atomic mass is 32.2. The third-order valence-corrected chi connectivity index (χ3v) is 4.88. The van der Waals surface area contributed by atoms with E-state index in [1.54, 1.807) is 24.3 Å². The van der Waals surface area contributed by atoms with Gasteiger partial charge in [-0.05, 0) is 24.3 Å². The average Bonchev–Trinajstić information content (AvgIpc) is 3.18. The maximum atomic E-state index is 12.1. The fourth-order valence-corrected chi connectivity index (χ4v) is 3.40. The molecule has 0 saturated heterocycles. The summed E-state index contributed by atoms with van der Waals surface area (Å²) in [5.41, 5.74) is 4.85. The van der Waals surface area contributed by atoms with E-state index in [9.17, 15) is 19.2 Å². The Bertz CT molecular complexity index is 868. The van der Waals surface area contributed by atoms with Crippen LogP contribution in [0.3, 0.4) is 0 Å². The van der Waals surface area contributed by atoms with Crippen molar-refractivity contribution in [2.45, 2.75) is 23.1 Å². The van der Waals surface area contributed by atoms with E-state index in [1.807, 2.05) is 17.6 Å². The number of benzene rings is 1. The number of hydrazine groups is 1. The number of rotatable bonds is 4. The zero-order valence-electron chi connectivity index (χ0n) is 14.0. The largest absolute Gasteiger partial charge is 0.467 e. The van der Waals surface area contributed by atoms with E-state index in [-0.39, 0.29) is 18.9 Å². The third-order valence-electron chi connectivity index (χ3n) is 3.60. The Balaban J connectivity index is 1.43. The van der Waals surface area contributed by atoms with Crippen LogP contribution in [0.2, 0.25) is 0 Å². The molecule has 0 bridgehead atoms. The standard InChI is InChI=1S/C17H16N4O5S/c22-14(8-13-15(23)19-11-5-1-2-6-12(11)27-13)20-21-17(25)16(24)18-9-10-4-3-7-26-10/h1-7,13H,8-9H2,(H,18,24)(H,19,23)(H,20,22)(H,21,25)/t13-/m1/s1. The minimum Gasteiger partial charge on any atom is -0.467 e. The highest BCUT2D eigenvalue weighted by molar-refractivity contribution is 8.01. The lowest BCUT2D eigenvalue weighted by atomic mass is 10.2. The molecular formula is C17H16N4O5S. The van der Waals surface area contributed by atoms with Crippen LogP contribution >= 0.6 is 11.8 Å². The second kappa shape index (κ2) is 8.41. The normalized spacial score (nSPS) is 15.3. The van der Waals surface area contributed by atoms with Crippen molar-refractivity contribution >= 4 is 41.1 Å². The van der Waals surface area contributed by atoms with E-state index in [0.29, 0.717) is 11.4 Å². The van der Waals surface area contributed by atoms with Gasteiger partial charge in [0, 0.05) is 11.3 Å². The number of thioether (sulfide) groups is 1. The van der Waals surface area contributed by atoms with Crippen LogP contribution in [0, 0.1) is 0 Å². The van der Waals surface area contributed by atoms with Crippen molar-refractivity contribution in [1.82, 2.24) is 16.2 Å². The molecule has 10 heteroatoms. The van der Waals surface area contributed by atoms with E-state index >= 15 is 0 Å². The van der Waals surface area contributed by atoms with Gasteiger partial charge in [0.2, 0.25) is 11.8 Å². The monoisotopic (exact) mass is 388 g/mol. The fraction of sp³-hybridized carbons (Fsp3) is 0.176. The molecule has 1 atom stereocenters. The lowest BCUT2D eigenvalue weighted by molar-refractivity contribution is -0.141. The Morgan fingerprint density at radius 3 is 2.67 bits per heavy atom. The van der Waals surface area contributed by atoms with Gasteiger partial charge in [0.25, 0.3) is 0 Å². The molecule has 0 saturated carbocycles. The van der Waals surface area contributed by atoms with Crippen molar-refractivity contribution in [3.8, 4) is 0 Å². The first kappa shape index (κ1) is 18.5. The molecular weight excluding hydrogens is 372 g/mol. The SMILES string of the molecule is O=C(C[C@H]1Sc2ccccc2NC1=O)NNC(=O)C(=O)NCc1ccco1. The summed E-state index contributed by atoms with van der Waals surface area (Å²) in [6.45, 7) is 0.0471. The van der Waals surface area contributed by atoms with Crippen LogP contribution in [0.25, 0.3) is 0 Å². The molecule has 0 spiro atoms. The predicted octanol–water partition coefficient (Wildman–Crippen LogP) is 0.546. The number of carbonyl (C=O) groups is 4. The number of hydrogen-bond donors (Lipinski definition) is 4. The zero-order valence-corrected chi connectivity index (χ0v) is 14.8. The van der Waals surface area contributed by atoms with Crippen LogP contribution in [0.5, 0.6) is 0 Å². The maximum absolute atomic E-state index is 12.1. The minimum atomic E-state index is -1.03. The molecule has 3 rings (SSSR count). The Kier molecular flexibility index (Phi) is 5.77. The number of carbonyl (C=O) groups excluding carboxylic acids is 4. The van der Waals surface area contributed by atoms with Crippen LogP contribution < -0.4 is 21.5 Å². The highest BCUT2D eigenvalue weighted by Crippen LogP contribution is 2.36. The third kappa shape index (κ3) is 4.88. The summed E-state index contributed by atoms with van der Waals surface area (Å²) < 4.78 is 5.03. The molecule has 9 nitrogen and oxygen atoms in total. The summed E-state index contributed by atoms with van der Waals surface area (Å²) in [6.07, 6.45) is 1.29. The van der Waals surface area contributed by atoms with Crippen LogP contribution in [0.4, 0.5) is 5.69 Å². The van der Waals surface area contributed by atoms with Crippen molar-refractivity contribution in [3.05, 3.63) is 48.4 Å². The van der Waals surface area contributed by atoms with Gasteiger partial charge >= 0.3 is 11.8 Å². The summed E-state index contributed by atoms with van der Waals surface area (Å²) in [7, 11) is 0. The second-order valence-corrected chi connectivity index (χ2v) is 6.80. The molecule has 4 N–H and O–H groups in total. The highest BCUT2D eigenvalue weighted by Gasteiger charge is 2.29.